The highest BCUT2D eigenvalue weighted by Gasteiger charge is 2.33. The van der Waals surface area contributed by atoms with Crippen LogP contribution >= 0.6 is 11.6 Å². The average molecular weight is 450 g/mol. The molecule has 1 amide bonds. The summed E-state index contributed by atoms with van der Waals surface area (Å²) in [5.74, 6) is 0.0465. The molecular formula is C19H20ClN5O4S. The molecule has 9 nitrogen and oxygen atoms in total. The predicted octanol–water partition coefficient (Wildman–Crippen LogP) is 2.14. The zero-order chi connectivity index (χ0) is 21.5. The summed E-state index contributed by atoms with van der Waals surface area (Å²) in [7, 11) is -3.71. The molecule has 4 rings (SSSR count). The van der Waals surface area contributed by atoms with Crippen LogP contribution in [0.3, 0.4) is 0 Å². The molecule has 0 spiro atoms. The van der Waals surface area contributed by atoms with Crippen molar-refractivity contribution in [2.45, 2.75) is 18.7 Å². The van der Waals surface area contributed by atoms with Crippen molar-refractivity contribution >= 4 is 39.3 Å². The quantitative estimate of drug-likeness (QED) is 0.565. The molecule has 0 aliphatic carbocycles. The number of hydrogen-bond donors (Lipinski definition) is 0. The summed E-state index contributed by atoms with van der Waals surface area (Å²) in [6.07, 6.45) is 4.87. The lowest BCUT2D eigenvalue weighted by Crippen LogP contribution is -2.50. The minimum Gasteiger partial charge on any atom is -0.360 e. The third-order valence-electron chi connectivity index (χ3n) is 5.02. The van der Waals surface area contributed by atoms with Crippen LogP contribution < -0.4 is 0 Å². The Kier molecular flexibility index (Phi) is 5.39. The lowest BCUT2D eigenvalue weighted by atomic mass is 10.3. The number of amides is 1. The first-order valence-corrected chi connectivity index (χ1v) is 11.1. The lowest BCUT2D eigenvalue weighted by Gasteiger charge is -2.33. The number of imidazole rings is 1. The number of halogens is 1. The first kappa shape index (κ1) is 20.6. The number of aryl methyl sites for hydroxylation is 2. The Balaban J connectivity index is 1.45. The molecule has 1 aliphatic heterocycles. The summed E-state index contributed by atoms with van der Waals surface area (Å²) in [6, 6.07) is 5.53. The first-order chi connectivity index (χ1) is 14.3. The molecule has 0 radical (unpaired) electrons. The van der Waals surface area contributed by atoms with Crippen molar-refractivity contribution in [3.8, 4) is 0 Å². The normalized spacial score (nSPS) is 16.0. The van der Waals surface area contributed by atoms with Crippen molar-refractivity contribution in [1.82, 2.24) is 23.7 Å². The molecule has 0 saturated carbocycles. The van der Waals surface area contributed by atoms with Gasteiger partial charge in [-0.25, -0.2) is 13.4 Å². The molecule has 0 unspecified atom stereocenters. The number of carbonyl (C=O) groups is 1. The van der Waals surface area contributed by atoms with Crippen molar-refractivity contribution < 1.29 is 17.7 Å². The van der Waals surface area contributed by atoms with E-state index in [1.165, 1.54) is 10.4 Å². The molecule has 30 heavy (non-hydrogen) atoms. The van der Waals surface area contributed by atoms with E-state index in [4.69, 9.17) is 16.1 Å². The molecule has 3 aromatic heterocycles. The standard InChI is InChI=1S/C19H20ClN5O4S/c1-13-18(14(2)29-22-13)30(27,28)24-11-9-23(10-12-24)17(26)7-6-15-19(20)21-16-5-3-4-8-25(15)16/h3-8H,9-12H2,1-2H3/b7-6+. The van der Waals surface area contributed by atoms with E-state index < -0.39 is 10.0 Å². The lowest BCUT2D eigenvalue weighted by molar-refractivity contribution is -0.127. The second kappa shape index (κ2) is 7.86. The van der Waals surface area contributed by atoms with E-state index in [1.807, 2.05) is 24.4 Å². The van der Waals surface area contributed by atoms with Gasteiger partial charge in [-0.2, -0.15) is 4.31 Å². The van der Waals surface area contributed by atoms with Crippen molar-refractivity contribution in [2.24, 2.45) is 0 Å². The fourth-order valence-corrected chi connectivity index (χ4v) is 5.47. The number of fused-ring (bicyclic) bond motifs is 1. The van der Waals surface area contributed by atoms with Crippen LogP contribution in [0.4, 0.5) is 0 Å². The zero-order valence-corrected chi connectivity index (χ0v) is 18.0. The van der Waals surface area contributed by atoms with E-state index in [0.29, 0.717) is 22.2 Å². The molecule has 3 aromatic rings. The van der Waals surface area contributed by atoms with Gasteiger partial charge in [0, 0.05) is 38.5 Å². The van der Waals surface area contributed by atoms with Gasteiger partial charge in [0.2, 0.25) is 15.9 Å². The van der Waals surface area contributed by atoms with Crippen LogP contribution in [0.15, 0.2) is 39.9 Å². The number of pyridine rings is 1. The molecule has 0 bridgehead atoms. The smallest absolute Gasteiger partial charge is 0.248 e. The Morgan fingerprint density at radius 1 is 1.20 bits per heavy atom. The van der Waals surface area contributed by atoms with Gasteiger partial charge >= 0.3 is 0 Å². The summed E-state index contributed by atoms with van der Waals surface area (Å²) in [5.41, 5.74) is 1.63. The van der Waals surface area contributed by atoms with Gasteiger partial charge in [-0.1, -0.05) is 22.8 Å². The number of aromatic nitrogens is 3. The Bertz CT molecular complexity index is 1220. The summed E-state index contributed by atoms with van der Waals surface area (Å²) in [6.45, 7) is 4.13. The van der Waals surface area contributed by atoms with Crippen LogP contribution in [0.2, 0.25) is 5.15 Å². The van der Waals surface area contributed by atoms with Gasteiger partial charge < -0.3 is 9.42 Å². The number of carbonyl (C=O) groups excluding carboxylic acids is 1. The van der Waals surface area contributed by atoms with Crippen molar-refractivity contribution in [3.05, 3.63) is 52.8 Å². The van der Waals surface area contributed by atoms with E-state index in [-0.39, 0.29) is 42.7 Å². The molecule has 1 aliphatic rings. The minimum absolute atomic E-state index is 0.101. The van der Waals surface area contributed by atoms with Crippen LogP contribution in [-0.4, -0.2) is 64.3 Å². The average Bonchev–Trinajstić information content (AvgIpc) is 3.24. The number of sulfonamides is 1. The van der Waals surface area contributed by atoms with E-state index in [2.05, 4.69) is 10.1 Å². The van der Waals surface area contributed by atoms with E-state index in [1.54, 1.807) is 29.2 Å². The molecule has 0 atom stereocenters. The van der Waals surface area contributed by atoms with Gasteiger partial charge in [0.15, 0.2) is 10.9 Å². The van der Waals surface area contributed by atoms with E-state index in [0.717, 1.165) is 0 Å². The summed E-state index contributed by atoms with van der Waals surface area (Å²) >= 11 is 6.19. The SMILES string of the molecule is Cc1noc(C)c1S(=O)(=O)N1CCN(C(=O)/C=C/c2c(Cl)nc3ccccn23)CC1. The number of rotatable bonds is 4. The largest absolute Gasteiger partial charge is 0.360 e. The summed E-state index contributed by atoms with van der Waals surface area (Å²) in [4.78, 5) is 18.6. The maximum atomic E-state index is 12.9. The zero-order valence-electron chi connectivity index (χ0n) is 16.4. The van der Waals surface area contributed by atoms with Crippen LogP contribution in [0.1, 0.15) is 17.1 Å². The van der Waals surface area contributed by atoms with Crippen LogP contribution in [0.5, 0.6) is 0 Å². The topological polar surface area (TPSA) is 101 Å². The van der Waals surface area contributed by atoms with E-state index in [9.17, 15) is 13.2 Å². The Hall–Kier alpha value is -2.69. The van der Waals surface area contributed by atoms with Crippen molar-refractivity contribution in [3.63, 3.8) is 0 Å². The molecule has 158 valence electrons. The molecule has 0 N–H and O–H groups in total. The third kappa shape index (κ3) is 3.62. The number of piperazine rings is 1. The summed E-state index contributed by atoms with van der Waals surface area (Å²) in [5, 5.41) is 4.03. The Morgan fingerprint density at radius 3 is 2.60 bits per heavy atom. The van der Waals surface area contributed by atoms with Crippen LogP contribution in [0, 0.1) is 13.8 Å². The molecule has 1 fully saturated rings. The van der Waals surface area contributed by atoms with Crippen LogP contribution in [-0.2, 0) is 14.8 Å². The first-order valence-electron chi connectivity index (χ1n) is 9.31. The third-order valence-corrected chi connectivity index (χ3v) is 7.44. The molecule has 0 aromatic carbocycles. The fourth-order valence-electron chi connectivity index (χ4n) is 3.51. The highest BCUT2D eigenvalue weighted by Crippen LogP contribution is 2.24. The van der Waals surface area contributed by atoms with Crippen LogP contribution in [0.25, 0.3) is 11.7 Å². The second-order valence-corrected chi connectivity index (χ2v) is 9.17. The highest BCUT2D eigenvalue weighted by molar-refractivity contribution is 7.89. The number of hydrogen-bond acceptors (Lipinski definition) is 6. The van der Waals surface area contributed by atoms with Gasteiger partial charge in [0.25, 0.3) is 0 Å². The second-order valence-electron chi connectivity index (χ2n) is 6.93. The monoisotopic (exact) mass is 449 g/mol. The Labute approximate surface area is 178 Å². The maximum Gasteiger partial charge on any atom is 0.248 e. The fraction of sp³-hybridized carbons (Fsp3) is 0.316. The maximum absolute atomic E-state index is 12.9. The summed E-state index contributed by atoms with van der Waals surface area (Å²) < 4.78 is 33.9. The van der Waals surface area contributed by atoms with Gasteiger partial charge in [0.1, 0.15) is 16.2 Å². The predicted molar refractivity (Wildman–Crippen MR) is 111 cm³/mol. The van der Waals surface area contributed by atoms with Gasteiger partial charge in [-0.15, -0.1) is 0 Å². The molecule has 1 saturated heterocycles. The Morgan fingerprint density at radius 2 is 1.93 bits per heavy atom. The minimum atomic E-state index is -3.71. The highest BCUT2D eigenvalue weighted by atomic mass is 35.5. The molecule has 11 heteroatoms. The number of nitrogens with zero attached hydrogens (tertiary/aromatic N) is 5. The molecular weight excluding hydrogens is 430 g/mol. The van der Waals surface area contributed by atoms with Gasteiger partial charge in [0.05, 0.1) is 5.69 Å². The van der Waals surface area contributed by atoms with Gasteiger partial charge in [-0.05, 0) is 32.1 Å². The van der Waals surface area contributed by atoms with Gasteiger partial charge in [-0.3, -0.25) is 9.20 Å². The van der Waals surface area contributed by atoms with Crippen molar-refractivity contribution in [1.29, 1.82) is 0 Å². The van der Waals surface area contributed by atoms with Crippen molar-refractivity contribution in [2.75, 3.05) is 26.2 Å². The van der Waals surface area contributed by atoms with E-state index >= 15 is 0 Å². The molecule has 4 heterocycles.